The summed E-state index contributed by atoms with van der Waals surface area (Å²) in [6.07, 6.45) is 1.86. The van der Waals surface area contributed by atoms with Crippen molar-refractivity contribution >= 4 is 22.8 Å². The van der Waals surface area contributed by atoms with Crippen LogP contribution in [0.5, 0.6) is 0 Å². The number of nitrogens with zero attached hydrogens (tertiary/aromatic N) is 2. The molecule has 3 heteroatoms. The Bertz CT molecular complexity index is 653. The van der Waals surface area contributed by atoms with E-state index < -0.39 is 0 Å². The van der Waals surface area contributed by atoms with E-state index in [1.54, 1.807) is 11.8 Å². The highest BCUT2D eigenvalue weighted by molar-refractivity contribution is 7.98. The molecule has 0 saturated heterocycles. The molecule has 18 heavy (non-hydrogen) atoms. The molecule has 3 aromatic rings. The molecule has 3 rings (SSSR count). The fraction of sp³-hybridized carbons (Fsp3) is 0.0667. The maximum absolute atomic E-state index is 4.61. The summed E-state index contributed by atoms with van der Waals surface area (Å²) in [6, 6.07) is 18.3. The molecule has 2 aromatic carbocycles. The first-order chi connectivity index (χ1) is 8.92. The van der Waals surface area contributed by atoms with Crippen molar-refractivity contribution in [1.82, 2.24) is 9.97 Å². The molecule has 0 aliphatic rings. The van der Waals surface area contributed by atoms with Crippen molar-refractivity contribution in [3.8, 4) is 0 Å². The second kappa shape index (κ2) is 5.19. The van der Waals surface area contributed by atoms with E-state index >= 15 is 0 Å². The third-order valence-electron chi connectivity index (χ3n) is 2.63. The Morgan fingerprint density at radius 3 is 2.39 bits per heavy atom. The zero-order valence-corrected chi connectivity index (χ0v) is 10.6. The summed E-state index contributed by atoms with van der Waals surface area (Å²) in [5.74, 6) is 0.849. The number of hydrogen-bond donors (Lipinski definition) is 0. The minimum absolute atomic E-state index is 0.849. The average molecular weight is 252 g/mol. The van der Waals surface area contributed by atoms with Gasteiger partial charge >= 0.3 is 0 Å². The van der Waals surface area contributed by atoms with Gasteiger partial charge in [-0.15, -0.1) is 11.8 Å². The predicted octanol–water partition coefficient (Wildman–Crippen LogP) is 3.92. The van der Waals surface area contributed by atoms with Crippen LogP contribution in [-0.4, -0.2) is 9.97 Å². The number of thioether (sulfide) groups is 1. The van der Waals surface area contributed by atoms with Gasteiger partial charge in [0.1, 0.15) is 0 Å². The quantitative estimate of drug-likeness (QED) is 0.661. The molecule has 0 radical (unpaired) electrons. The van der Waals surface area contributed by atoms with Gasteiger partial charge in [-0.25, -0.2) is 4.98 Å². The van der Waals surface area contributed by atoms with Crippen LogP contribution in [0.2, 0.25) is 0 Å². The first-order valence-electron chi connectivity index (χ1n) is 5.80. The molecule has 0 N–H and O–H groups in total. The summed E-state index contributed by atoms with van der Waals surface area (Å²) in [6.45, 7) is 0. The van der Waals surface area contributed by atoms with Gasteiger partial charge in [0.2, 0.25) is 0 Å². The highest BCUT2D eigenvalue weighted by atomic mass is 32.2. The molecule has 0 spiro atoms. The van der Waals surface area contributed by atoms with Gasteiger partial charge in [-0.2, -0.15) is 0 Å². The number of benzene rings is 2. The Hall–Kier alpha value is -1.87. The molecule has 0 aliphatic heterocycles. The molecule has 88 valence electrons. The third-order valence-corrected chi connectivity index (χ3v) is 3.67. The Labute approximate surface area is 110 Å². The van der Waals surface area contributed by atoms with E-state index in [0.717, 1.165) is 22.5 Å². The molecule has 2 nitrogen and oxygen atoms in total. The third kappa shape index (κ3) is 2.51. The molecule has 0 unspecified atom stereocenters. The van der Waals surface area contributed by atoms with Crippen LogP contribution in [0.15, 0.2) is 65.7 Å². The lowest BCUT2D eigenvalue weighted by atomic mass is 10.3. The summed E-state index contributed by atoms with van der Waals surface area (Å²) >= 11 is 1.78. The molecule has 0 bridgehead atoms. The zero-order chi connectivity index (χ0) is 12.2. The second-order valence-corrected chi connectivity index (χ2v) is 5.00. The molecule has 1 heterocycles. The minimum Gasteiger partial charge on any atom is -0.253 e. The Morgan fingerprint density at radius 2 is 1.56 bits per heavy atom. The number of fused-ring (bicyclic) bond motifs is 1. The molecule has 0 amide bonds. The normalized spacial score (nSPS) is 10.7. The maximum atomic E-state index is 4.61. The van der Waals surface area contributed by atoms with Crippen molar-refractivity contribution in [2.45, 2.75) is 10.6 Å². The van der Waals surface area contributed by atoms with E-state index in [0.29, 0.717) is 0 Å². The monoisotopic (exact) mass is 252 g/mol. The average Bonchev–Trinajstić information content (AvgIpc) is 2.46. The van der Waals surface area contributed by atoms with Crippen LogP contribution in [0.25, 0.3) is 11.0 Å². The Balaban J connectivity index is 1.79. The van der Waals surface area contributed by atoms with Crippen LogP contribution in [0, 0.1) is 0 Å². The van der Waals surface area contributed by atoms with Crippen LogP contribution in [0.3, 0.4) is 0 Å². The molecule has 0 atom stereocenters. The molecule has 0 saturated carbocycles. The van der Waals surface area contributed by atoms with Crippen LogP contribution < -0.4 is 0 Å². The van der Waals surface area contributed by atoms with Gasteiger partial charge in [-0.05, 0) is 24.3 Å². The summed E-state index contributed by atoms with van der Waals surface area (Å²) in [5.41, 5.74) is 2.93. The Kier molecular flexibility index (Phi) is 3.24. The van der Waals surface area contributed by atoms with Gasteiger partial charge in [-0.1, -0.05) is 30.3 Å². The highest BCUT2D eigenvalue weighted by Crippen LogP contribution is 2.21. The van der Waals surface area contributed by atoms with Crippen LogP contribution in [0.4, 0.5) is 0 Å². The first-order valence-corrected chi connectivity index (χ1v) is 6.79. The van der Waals surface area contributed by atoms with E-state index in [9.17, 15) is 0 Å². The van der Waals surface area contributed by atoms with Crippen LogP contribution in [0.1, 0.15) is 5.69 Å². The number of hydrogen-bond acceptors (Lipinski definition) is 3. The standard InChI is InChI=1S/C15H12N2S/c1-2-6-13(7-3-1)18-11-12-10-16-14-8-4-5-9-15(14)17-12/h1-10H,11H2. The lowest BCUT2D eigenvalue weighted by Crippen LogP contribution is -1.90. The van der Waals surface area contributed by atoms with E-state index in [-0.39, 0.29) is 0 Å². The number of rotatable bonds is 3. The summed E-state index contributed by atoms with van der Waals surface area (Å²) < 4.78 is 0. The van der Waals surface area contributed by atoms with E-state index in [1.165, 1.54) is 4.90 Å². The molecule has 0 aliphatic carbocycles. The van der Waals surface area contributed by atoms with Crippen molar-refractivity contribution in [3.05, 3.63) is 66.5 Å². The molecular weight excluding hydrogens is 240 g/mol. The maximum Gasteiger partial charge on any atom is 0.0890 e. The van der Waals surface area contributed by atoms with Crippen molar-refractivity contribution < 1.29 is 0 Å². The predicted molar refractivity (Wildman–Crippen MR) is 75.5 cm³/mol. The molecule has 1 aromatic heterocycles. The van der Waals surface area contributed by atoms with Gasteiger partial charge in [0.15, 0.2) is 0 Å². The van der Waals surface area contributed by atoms with Gasteiger partial charge in [0, 0.05) is 16.8 Å². The van der Waals surface area contributed by atoms with Gasteiger partial charge in [0.05, 0.1) is 16.7 Å². The highest BCUT2D eigenvalue weighted by Gasteiger charge is 2.00. The number of aromatic nitrogens is 2. The molecule has 0 fully saturated rings. The summed E-state index contributed by atoms with van der Waals surface area (Å²) in [7, 11) is 0. The van der Waals surface area contributed by atoms with Gasteiger partial charge in [-0.3, -0.25) is 4.98 Å². The first kappa shape index (κ1) is 11.2. The Morgan fingerprint density at radius 1 is 0.833 bits per heavy atom. The summed E-state index contributed by atoms with van der Waals surface area (Å²) in [4.78, 5) is 10.3. The van der Waals surface area contributed by atoms with Crippen molar-refractivity contribution in [3.63, 3.8) is 0 Å². The van der Waals surface area contributed by atoms with Crippen molar-refractivity contribution in [2.24, 2.45) is 0 Å². The zero-order valence-electron chi connectivity index (χ0n) is 9.78. The van der Waals surface area contributed by atoms with E-state index in [1.807, 2.05) is 36.5 Å². The van der Waals surface area contributed by atoms with E-state index in [2.05, 4.69) is 34.2 Å². The van der Waals surface area contributed by atoms with Crippen molar-refractivity contribution in [2.75, 3.05) is 0 Å². The fourth-order valence-corrected chi connectivity index (χ4v) is 2.54. The smallest absolute Gasteiger partial charge is 0.0890 e. The largest absolute Gasteiger partial charge is 0.253 e. The second-order valence-electron chi connectivity index (χ2n) is 3.95. The van der Waals surface area contributed by atoms with Gasteiger partial charge in [0.25, 0.3) is 0 Å². The van der Waals surface area contributed by atoms with E-state index in [4.69, 9.17) is 0 Å². The minimum atomic E-state index is 0.849. The van der Waals surface area contributed by atoms with Crippen molar-refractivity contribution in [1.29, 1.82) is 0 Å². The van der Waals surface area contributed by atoms with Crippen LogP contribution in [-0.2, 0) is 5.75 Å². The number of para-hydroxylation sites is 2. The van der Waals surface area contributed by atoms with Crippen LogP contribution >= 0.6 is 11.8 Å². The van der Waals surface area contributed by atoms with Gasteiger partial charge < -0.3 is 0 Å². The lowest BCUT2D eigenvalue weighted by molar-refractivity contribution is 1.16. The topological polar surface area (TPSA) is 25.8 Å². The fourth-order valence-electron chi connectivity index (χ4n) is 1.74. The SMILES string of the molecule is c1ccc(SCc2cnc3ccccc3n2)cc1. The summed E-state index contributed by atoms with van der Waals surface area (Å²) in [5, 5.41) is 0. The lowest BCUT2D eigenvalue weighted by Gasteiger charge is -2.02. The molecular formula is C15H12N2S.